The molecule has 7 aromatic rings. The maximum absolute atomic E-state index is 13.4. The number of allylic oxidation sites excluding steroid dienone is 4. The number of halogens is 4. The van der Waals surface area contributed by atoms with Crippen molar-refractivity contribution >= 4 is 171 Å². The molecule has 4 heterocycles. The summed E-state index contributed by atoms with van der Waals surface area (Å²) >= 11 is 21.7. The number of aromatic nitrogens is 8. The number of thioether (sulfide) groups is 1. The first kappa shape index (κ1) is 55.8. The molecular formula is C49H46Br4N12O4S5. The van der Waals surface area contributed by atoms with Gasteiger partial charge in [-0.1, -0.05) is 177 Å². The molecule has 0 fully saturated rings. The maximum atomic E-state index is 13.4. The van der Waals surface area contributed by atoms with Crippen LogP contribution in [0, 0.1) is 11.8 Å². The van der Waals surface area contributed by atoms with E-state index in [0.717, 1.165) is 103 Å². The van der Waals surface area contributed by atoms with Crippen molar-refractivity contribution in [2.45, 2.75) is 71.1 Å². The molecule has 3 aromatic carbocycles. The van der Waals surface area contributed by atoms with E-state index in [0.29, 0.717) is 33.4 Å². The van der Waals surface area contributed by atoms with Gasteiger partial charge in [0.1, 0.15) is 20.0 Å². The molecule has 0 spiro atoms. The highest BCUT2D eigenvalue weighted by atomic mass is 79.9. The second kappa shape index (κ2) is 27.5. The summed E-state index contributed by atoms with van der Waals surface area (Å²) in [6.45, 7) is 2.11. The third-order valence-corrected chi connectivity index (χ3v) is 19.2. The molecule has 0 saturated carbocycles. The van der Waals surface area contributed by atoms with Crippen molar-refractivity contribution in [1.29, 1.82) is 0 Å². The minimum atomic E-state index is -0.196. The summed E-state index contributed by atoms with van der Waals surface area (Å²) in [5.41, 5.74) is 4.70. The average Bonchev–Trinajstić information content (AvgIpc) is 4.21. The number of nitrogens with zero attached hydrogens (tertiary/aromatic N) is 8. The number of carbonyl (C=O) groups excluding carboxylic acids is 4. The first-order chi connectivity index (χ1) is 35.8. The highest BCUT2D eigenvalue weighted by Gasteiger charge is 2.30. The van der Waals surface area contributed by atoms with E-state index in [1.165, 1.54) is 45.3 Å². The Morgan fingerprint density at radius 2 is 0.932 bits per heavy atom. The molecular weight excluding hydrogens is 1300 g/mol. The Bertz CT molecular complexity index is 3180. The Kier molecular flexibility index (Phi) is 20.7. The van der Waals surface area contributed by atoms with E-state index < -0.39 is 0 Å². The van der Waals surface area contributed by atoms with Crippen LogP contribution in [0.4, 0.5) is 20.5 Å². The number of anilines is 4. The van der Waals surface area contributed by atoms with Crippen molar-refractivity contribution < 1.29 is 19.2 Å². The van der Waals surface area contributed by atoms with Gasteiger partial charge in [-0.25, -0.2) is 0 Å². The van der Waals surface area contributed by atoms with Crippen molar-refractivity contribution in [3.8, 4) is 0 Å². The van der Waals surface area contributed by atoms with Crippen LogP contribution in [0.2, 0.25) is 0 Å². The van der Waals surface area contributed by atoms with Gasteiger partial charge in [-0.15, -0.1) is 40.8 Å². The molecule has 2 unspecified atom stereocenters. The molecule has 16 nitrogen and oxygen atoms in total. The normalized spacial score (nSPS) is 14.3. The monoisotopic (exact) mass is 1340 g/mol. The molecule has 4 N–H and O–H groups in total. The smallest absolute Gasteiger partial charge is 0.230 e. The number of aryl methyl sites for hydroxylation is 4. The van der Waals surface area contributed by atoms with Gasteiger partial charge in [0.05, 0.1) is 19.3 Å². The number of benzene rings is 3. The van der Waals surface area contributed by atoms with Gasteiger partial charge in [0, 0.05) is 51.4 Å². The van der Waals surface area contributed by atoms with E-state index in [2.05, 4.69) is 139 Å². The molecule has 0 saturated heterocycles. The Hall–Kier alpha value is -4.47. The van der Waals surface area contributed by atoms with E-state index in [9.17, 15) is 19.2 Å². The lowest BCUT2D eigenvalue weighted by molar-refractivity contribution is -0.117. The predicted molar refractivity (Wildman–Crippen MR) is 311 cm³/mol. The summed E-state index contributed by atoms with van der Waals surface area (Å²) in [4.78, 5) is 51.6. The quantitative estimate of drug-likeness (QED) is 0.0414. The van der Waals surface area contributed by atoms with Crippen LogP contribution >= 0.6 is 121 Å². The number of rotatable bonds is 24. The van der Waals surface area contributed by atoms with Crippen LogP contribution in [0.5, 0.6) is 0 Å². The van der Waals surface area contributed by atoms with E-state index >= 15 is 0 Å². The number of hydrogen-bond acceptors (Lipinski definition) is 17. The van der Waals surface area contributed by atoms with Gasteiger partial charge >= 0.3 is 0 Å². The summed E-state index contributed by atoms with van der Waals surface area (Å²) in [5, 5.41) is 50.6. The van der Waals surface area contributed by atoms with E-state index in [1.54, 1.807) is 11.8 Å². The summed E-state index contributed by atoms with van der Waals surface area (Å²) in [5.74, 6) is 0.936. The summed E-state index contributed by atoms with van der Waals surface area (Å²) < 4.78 is 3.52. The van der Waals surface area contributed by atoms with Gasteiger partial charge in [-0.05, 0) is 80.8 Å². The maximum Gasteiger partial charge on any atom is 0.230 e. The van der Waals surface area contributed by atoms with Crippen LogP contribution in [0.3, 0.4) is 0 Å². The number of hydrogen-bond donors (Lipinski definition) is 4. The number of amides is 4. The lowest BCUT2D eigenvalue weighted by Crippen LogP contribution is -2.23. The molecule has 0 bridgehead atoms. The van der Waals surface area contributed by atoms with Crippen molar-refractivity contribution in [1.82, 2.24) is 40.8 Å². The van der Waals surface area contributed by atoms with E-state index in [4.69, 9.17) is 0 Å². The molecule has 0 radical (unpaired) electrons. The zero-order valence-electron chi connectivity index (χ0n) is 39.4. The first-order valence-corrected chi connectivity index (χ1v) is 30.8. The van der Waals surface area contributed by atoms with Crippen molar-refractivity contribution in [2.24, 2.45) is 11.8 Å². The van der Waals surface area contributed by atoms with Gasteiger partial charge < -0.3 is 21.3 Å². The molecule has 2 atom stereocenters. The highest BCUT2D eigenvalue weighted by Crippen LogP contribution is 2.42. The standard InChI is InChI=1S/C49H46Br4N12O4S5/c1-27-32(16-17-36(52)33(27)26-41(69)57-49-63-59-43(72-49)13-7-6-12-42-58-62-46(71-42)54-38(66)23-29-8-2-4-10-34(29)50)28-14-15-31(37(53)22-28)25-40(68)56-48-65-61-45(74-48)19-21-70-20-18-44-60-64-47(73-44)55-39(67)24-30-9-3-5-11-35(30)51/h2-5,8-11,14-17,22,27,33H,6-7,12-13,18-21,23-26H2,1H3,(H,54,62,66)(H,55,64,67)(H,56,65,68)(H,57,63,69). The fraction of sp³-hybridized carbons (Fsp3) is 0.306. The van der Waals surface area contributed by atoms with E-state index in [1.807, 2.05) is 72.8 Å². The summed E-state index contributed by atoms with van der Waals surface area (Å²) in [6, 6.07) is 21.2. The van der Waals surface area contributed by atoms with E-state index in [-0.39, 0.29) is 61.1 Å². The molecule has 1 aliphatic rings. The van der Waals surface area contributed by atoms with Crippen LogP contribution < -0.4 is 21.3 Å². The molecule has 384 valence electrons. The van der Waals surface area contributed by atoms with Crippen molar-refractivity contribution in [2.75, 3.05) is 32.8 Å². The molecule has 4 aromatic heterocycles. The summed E-state index contributed by atoms with van der Waals surface area (Å²) in [6.07, 6.45) is 9.54. The minimum absolute atomic E-state index is 0.00575. The first-order valence-electron chi connectivity index (χ1n) is 23.2. The average molecular weight is 1350 g/mol. The molecule has 25 heteroatoms. The largest absolute Gasteiger partial charge is 0.301 e. The van der Waals surface area contributed by atoms with Crippen molar-refractivity contribution in [3.63, 3.8) is 0 Å². The van der Waals surface area contributed by atoms with Crippen molar-refractivity contribution in [3.05, 3.63) is 139 Å². The molecule has 4 amide bonds. The number of nitrogens with one attached hydrogen (secondary N) is 4. The lowest BCUT2D eigenvalue weighted by Gasteiger charge is -2.29. The Morgan fingerprint density at radius 3 is 1.38 bits per heavy atom. The van der Waals surface area contributed by atoms with Crippen LogP contribution in [0.1, 0.15) is 68.5 Å². The highest BCUT2D eigenvalue weighted by molar-refractivity contribution is 9.11. The Morgan fingerprint density at radius 1 is 0.514 bits per heavy atom. The third kappa shape index (κ3) is 16.5. The third-order valence-electron chi connectivity index (χ3n) is 11.4. The van der Waals surface area contributed by atoms with Crippen LogP contribution in [-0.2, 0) is 64.1 Å². The molecule has 74 heavy (non-hydrogen) atoms. The SMILES string of the molecule is CC1C(c2ccc(CC(=O)Nc3nnc(CCSCCc4nnc(NC(=O)Cc5ccccc5Br)s4)s3)c(Br)c2)=CC=C(Br)C1CC(=O)Nc1nnc(CCCCc2nnc(NC(=O)Cc3ccccc3Br)s2)s1. The predicted octanol–water partition coefficient (Wildman–Crippen LogP) is 12.0. The van der Waals surface area contributed by atoms with Crippen LogP contribution in [0.15, 0.2) is 96.8 Å². The fourth-order valence-electron chi connectivity index (χ4n) is 7.66. The number of unbranched alkanes of at least 4 members (excludes halogenated alkanes) is 1. The second-order valence-electron chi connectivity index (χ2n) is 16.8. The second-order valence-corrected chi connectivity index (χ2v) is 25.8. The topological polar surface area (TPSA) is 220 Å². The molecule has 8 rings (SSSR count). The Balaban J connectivity index is 0.716. The van der Waals surface area contributed by atoms with Gasteiger partial charge in [0.25, 0.3) is 0 Å². The number of carbonyl (C=O) groups is 4. The fourth-order valence-corrected chi connectivity index (χ4v) is 14.0. The Labute approximate surface area is 480 Å². The minimum Gasteiger partial charge on any atom is -0.301 e. The summed E-state index contributed by atoms with van der Waals surface area (Å²) in [7, 11) is 0. The van der Waals surface area contributed by atoms with Gasteiger partial charge in [-0.2, -0.15) is 11.8 Å². The van der Waals surface area contributed by atoms with Gasteiger partial charge in [-0.3, -0.25) is 19.2 Å². The molecule has 0 aliphatic heterocycles. The van der Waals surface area contributed by atoms with Crippen LogP contribution in [-0.4, -0.2) is 75.9 Å². The zero-order valence-corrected chi connectivity index (χ0v) is 49.8. The molecule has 1 aliphatic carbocycles. The van der Waals surface area contributed by atoms with Crippen LogP contribution in [0.25, 0.3) is 5.57 Å². The lowest BCUT2D eigenvalue weighted by atomic mass is 9.78. The van der Waals surface area contributed by atoms with Gasteiger partial charge in [0.2, 0.25) is 44.2 Å². The van der Waals surface area contributed by atoms with Gasteiger partial charge in [0.15, 0.2) is 0 Å². The zero-order chi connectivity index (χ0) is 52.0.